The summed E-state index contributed by atoms with van der Waals surface area (Å²) < 4.78 is 8.96. The summed E-state index contributed by atoms with van der Waals surface area (Å²) in [4.78, 5) is 19.1. The summed E-state index contributed by atoms with van der Waals surface area (Å²) in [6, 6.07) is 14.0. The molecule has 0 atom stereocenters. The van der Waals surface area contributed by atoms with Crippen molar-refractivity contribution in [1.82, 2.24) is 14.5 Å². The molecule has 0 aliphatic carbocycles. The van der Waals surface area contributed by atoms with E-state index in [1.807, 2.05) is 43.5 Å². The lowest BCUT2D eigenvalue weighted by molar-refractivity contribution is 0.0700. The summed E-state index contributed by atoms with van der Waals surface area (Å²) in [5.74, 6) is 1.25. The van der Waals surface area contributed by atoms with Gasteiger partial charge in [-0.2, -0.15) is 0 Å². The number of hydrogen-bond donors (Lipinski definition) is 1. The van der Waals surface area contributed by atoms with Crippen molar-refractivity contribution in [2.75, 3.05) is 19.7 Å². The highest BCUT2D eigenvalue weighted by atomic mass is 35.5. The Kier molecular flexibility index (Phi) is 7.09. The van der Waals surface area contributed by atoms with Crippen LogP contribution in [0.25, 0.3) is 10.1 Å². The van der Waals surface area contributed by atoms with Crippen LogP contribution in [-0.4, -0.2) is 45.2 Å². The summed E-state index contributed by atoms with van der Waals surface area (Å²) in [6.07, 6.45) is 5.64. The van der Waals surface area contributed by atoms with Crippen LogP contribution in [0.4, 0.5) is 0 Å². The predicted octanol–water partition coefficient (Wildman–Crippen LogP) is 6.22. The number of aryl methyl sites for hydroxylation is 1. The monoisotopic (exact) mass is 509 g/mol. The SMILES string of the molecule is Cc1nccn1CCOc1ccc(CN2CCC(c3c(C(=O)O)sc4ccc(Cl)cc34)CC2)cc1. The highest BCUT2D eigenvalue weighted by Gasteiger charge is 2.28. The van der Waals surface area contributed by atoms with Gasteiger partial charge >= 0.3 is 5.97 Å². The summed E-state index contributed by atoms with van der Waals surface area (Å²) >= 11 is 7.59. The number of aromatic nitrogens is 2. The number of hydrogen-bond acceptors (Lipinski definition) is 5. The molecule has 5 rings (SSSR count). The Morgan fingerprint density at radius 3 is 2.66 bits per heavy atom. The molecule has 2 aromatic carbocycles. The van der Waals surface area contributed by atoms with Gasteiger partial charge in [-0.3, -0.25) is 4.90 Å². The lowest BCUT2D eigenvalue weighted by Gasteiger charge is -2.32. The van der Waals surface area contributed by atoms with Crippen molar-refractivity contribution < 1.29 is 14.6 Å². The van der Waals surface area contributed by atoms with Gasteiger partial charge in [0.1, 0.15) is 23.1 Å². The van der Waals surface area contributed by atoms with Gasteiger partial charge in [-0.05, 0) is 85.6 Å². The van der Waals surface area contributed by atoms with Crippen molar-refractivity contribution in [1.29, 1.82) is 0 Å². The standard InChI is InChI=1S/C27H28ClN3O3S/c1-18-29-10-13-31(18)14-15-34-22-5-2-19(3-6-22)17-30-11-8-20(9-12-30)25-23-16-21(28)4-7-24(23)35-26(25)27(32)33/h2-7,10,13,16,20H,8-9,11-12,14-15,17H2,1H3,(H,32,33). The molecule has 0 radical (unpaired) electrons. The number of benzene rings is 2. The molecule has 1 fully saturated rings. The number of carbonyl (C=O) groups is 1. The van der Waals surface area contributed by atoms with Crippen molar-refractivity contribution in [3.05, 3.63) is 81.7 Å². The van der Waals surface area contributed by atoms with Gasteiger partial charge in [0, 0.05) is 28.7 Å². The van der Waals surface area contributed by atoms with Gasteiger partial charge < -0.3 is 14.4 Å². The first-order valence-corrected chi connectivity index (χ1v) is 13.0. The van der Waals surface area contributed by atoms with E-state index in [0.29, 0.717) is 16.5 Å². The van der Waals surface area contributed by atoms with E-state index in [0.717, 1.165) is 66.2 Å². The Balaban J connectivity index is 1.17. The van der Waals surface area contributed by atoms with Crippen molar-refractivity contribution in [2.45, 2.75) is 38.8 Å². The number of halogens is 1. The van der Waals surface area contributed by atoms with E-state index >= 15 is 0 Å². The van der Waals surface area contributed by atoms with Gasteiger partial charge in [0.05, 0.1) is 6.54 Å². The molecule has 8 heteroatoms. The van der Waals surface area contributed by atoms with Crippen LogP contribution in [0.5, 0.6) is 5.75 Å². The Hall–Kier alpha value is -2.87. The fourth-order valence-corrected chi connectivity index (χ4v) is 6.16. The van der Waals surface area contributed by atoms with Crippen molar-refractivity contribution in [3.63, 3.8) is 0 Å². The van der Waals surface area contributed by atoms with Crippen molar-refractivity contribution in [3.8, 4) is 5.75 Å². The smallest absolute Gasteiger partial charge is 0.346 e. The number of rotatable bonds is 8. The van der Waals surface area contributed by atoms with Gasteiger partial charge in [-0.25, -0.2) is 9.78 Å². The molecule has 0 bridgehead atoms. The zero-order valence-corrected chi connectivity index (χ0v) is 21.2. The number of carboxylic acids is 1. The lowest BCUT2D eigenvalue weighted by Crippen LogP contribution is -2.32. The topological polar surface area (TPSA) is 67.6 Å². The van der Waals surface area contributed by atoms with E-state index < -0.39 is 5.97 Å². The van der Waals surface area contributed by atoms with E-state index in [4.69, 9.17) is 16.3 Å². The summed E-state index contributed by atoms with van der Waals surface area (Å²) in [5.41, 5.74) is 2.22. The van der Waals surface area contributed by atoms with E-state index in [1.54, 1.807) is 6.20 Å². The number of thiophene rings is 1. The van der Waals surface area contributed by atoms with Gasteiger partial charge in [-0.15, -0.1) is 11.3 Å². The average molecular weight is 510 g/mol. The molecule has 182 valence electrons. The first-order valence-electron chi connectivity index (χ1n) is 11.8. The number of nitrogens with zero attached hydrogens (tertiary/aromatic N) is 3. The Morgan fingerprint density at radius 1 is 1.20 bits per heavy atom. The van der Waals surface area contributed by atoms with Gasteiger partial charge in [0.25, 0.3) is 0 Å². The molecule has 35 heavy (non-hydrogen) atoms. The van der Waals surface area contributed by atoms with Crippen molar-refractivity contribution in [2.24, 2.45) is 0 Å². The maximum atomic E-state index is 11.9. The van der Waals surface area contributed by atoms with Crippen LogP contribution >= 0.6 is 22.9 Å². The molecule has 3 heterocycles. The average Bonchev–Trinajstić information content (AvgIpc) is 3.44. The Morgan fingerprint density at radius 2 is 1.97 bits per heavy atom. The third-order valence-electron chi connectivity index (χ3n) is 6.73. The molecule has 1 aliphatic heterocycles. The highest BCUT2D eigenvalue weighted by molar-refractivity contribution is 7.21. The molecular weight excluding hydrogens is 482 g/mol. The van der Waals surface area contributed by atoms with Crippen LogP contribution in [0, 0.1) is 6.92 Å². The van der Waals surface area contributed by atoms with E-state index in [-0.39, 0.29) is 5.92 Å². The largest absolute Gasteiger partial charge is 0.492 e. The molecule has 1 saturated heterocycles. The number of imidazole rings is 1. The van der Waals surface area contributed by atoms with E-state index in [2.05, 4.69) is 26.6 Å². The first-order chi connectivity index (χ1) is 17.0. The summed E-state index contributed by atoms with van der Waals surface area (Å²) in [5, 5.41) is 11.4. The minimum atomic E-state index is -0.845. The van der Waals surface area contributed by atoms with Crippen LogP contribution in [0.3, 0.4) is 0 Å². The highest BCUT2D eigenvalue weighted by Crippen LogP contribution is 2.41. The second-order valence-electron chi connectivity index (χ2n) is 9.00. The van der Waals surface area contributed by atoms with Gasteiger partial charge in [-0.1, -0.05) is 23.7 Å². The third-order valence-corrected chi connectivity index (χ3v) is 8.14. The lowest BCUT2D eigenvalue weighted by atomic mass is 9.87. The minimum Gasteiger partial charge on any atom is -0.492 e. The number of aromatic carboxylic acids is 1. The third kappa shape index (κ3) is 5.37. The fraction of sp³-hybridized carbons (Fsp3) is 0.333. The molecule has 6 nitrogen and oxygen atoms in total. The number of carboxylic acid groups (broad SMARTS) is 1. The molecule has 4 aromatic rings. The first kappa shape index (κ1) is 23.9. The van der Waals surface area contributed by atoms with Crippen LogP contribution in [0.15, 0.2) is 54.9 Å². The molecule has 0 spiro atoms. The number of piperidine rings is 1. The zero-order chi connectivity index (χ0) is 24.4. The fourth-order valence-electron chi connectivity index (χ4n) is 4.88. The van der Waals surface area contributed by atoms with Crippen molar-refractivity contribution >= 4 is 39.0 Å². The van der Waals surface area contributed by atoms with E-state index in [9.17, 15) is 9.90 Å². The predicted molar refractivity (Wildman–Crippen MR) is 140 cm³/mol. The summed E-state index contributed by atoms with van der Waals surface area (Å²) in [7, 11) is 0. The molecule has 1 N–H and O–H groups in total. The maximum absolute atomic E-state index is 11.9. The molecular formula is C27H28ClN3O3S. The molecule has 2 aromatic heterocycles. The Bertz CT molecular complexity index is 1320. The minimum absolute atomic E-state index is 0.236. The molecule has 1 aliphatic rings. The zero-order valence-electron chi connectivity index (χ0n) is 19.6. The number of ether oxygens (including phenoxy) is 1. The van der Waals surface area contributed by atoms with Crippen LogP contribution in [0.1, 0.15) is 45.4 Å². The molecule has 0 saturated carbocycles. The van der Waals surface area contributed by atoms with Crippen LogP contribution < -0.4 is 4.74 Å². The summed E-state index contributed by atoms with van der Waals surface area (Å²) in [6.45, 7) is 6.11. The van der Waals surface area contributed by atoms with Gasteiger partial charge in [0.15, 0.2) is 0 Å². The quantitative estimate of drug-likeness (QED) is 0.305. The second kappa shape index (κ2) is 10.4. The van der Waals surface area contributed by atoms with Crippen LogP contribution in [-0.2, 0) is 13.1 Å². The van der Waals surface area contributed by atoms with E-state index in [1.165, 1.54) is 16.9 Å². The number of fused-ring (bicyclic) bond motifs is 1. The maximum Gasteiger partial charge on any atom is 0.346 e. The Labute approximate surface area is 213 Å². The molecule has 0 unspecified atom stereocenters. The second-order valence-corrected chi connectivity index (χ2v) is 10.5. The number of likely N-dealkylation sites (tertiary alicyclic amines) is 1. The van der Waals surface area contributed by atoms with Gasteiger partial charge in [0.2, 0.25) is 0 Å². The normalized spacial score (nSPS) is 15.0. The van der Waals surface area contributed by atoms with Crippen LogP contribution in [0.2, 0.25) is 5.02 Å². The molecule has 0 amide bonds.